The van der Waals surface area contributed by atoms with Crippen molar-refractivity contribution in [2.45, 2.75) is 33.7 Å². The van der Waals surface area contributed by atoms with E-state index in [9.17, 15) is 9.59 Å². The maximum Gasteiger partial charge on any atom is 0.328 e. The first-order valence-electron chi connectivity index (χ1n) is 6.17. The molecule has 0 unspecified atom stereocenters. The second-order valence-electron chi connectivity index (χ2n) is 5.08. The second kappa shape index (κ2) is 7.92. The summed E-state index contributed by atoms with van der Waals surface area (Å²) in [7, 11) is 0. The third-order valence-corrected chi connectivity index (χ3v) is 3.00. The van der Waals surface area contributed by atoms with Crippen molar-refractivity contribution in [1.82, 2.24) is 10.6 Å². The molecule has 4 N–H and O–H groups in total. The molecule has 0 aromatic heterocycles. The van der Waals surface area contributed by atoms with E-state index in [1.165, 1.54) is 0 Å². The van der Waals surface area contributed by atoms with E-state index in [2.05, 4.69) is 38.3 Å². The summed E-state index contributed by atoms with van der Waals surface area (Å²) >= 11 is 0. The number of carbonyl (C=O) groups is 2. The molecule has 0 aliphatic heterocycles. The highest BCUT2D eigenvalue weighted by Gasteiger charge is 2.21. The predicted octanol–water partition coefficient (Wildman–Crippen LogP) is 0.659. The summed E-state index contributed by atoms with van der Waals surface area (Å²) in [5, 5.41) is 22.3. The van der Waals surface area contributed by atoms with Crippen LogP contribution in [-0.2, 0) is 4.79 Å². The van der Waals surface area contributed by atoms with Crippen molar-refractivity contribution in [1.29, 1.82) is 0 Å². The minimum atomic E-state index is -1.26. The lowest BCUT2D eigenvalue weighted by molar-refractivity contribution is -0.140. The highest BCUT2D eigenvalue weighted by Crippen LogP contribution is 2.19. The van der Waals surface area contributed by atoms with E-state index in [0.29, 0.717) is 24.3 Å². The van der Waals surface area contributed by atoms with Crippen LogP contribution in [0.5, 0.6) is 0 Å². The van der Waals surface area contributed by atoms with Crippen molar-refractivity contribution < 1.29 is 19.8 Å². The van der Waals surface area contributed by atoms with Gasteiger partial charge in [-0.15, -0.1) is 0 Å². The fraction of sp³-hybridized carbons (Fsp3) is 0.833. The van der Waals surface area contributed by atoms with Gasteiger partial charge in [-0.1, -0.05) is 27.7 Å². The lowest BCUT2D eigenvalue weighted by Gasteiger charge is -2.25. The molecule has 0 fully saturated rings. The average Bonchev–Trinajstić information content (AvgIpc) is 2.24. The van der Waals surface area contributed by atoms with Gasteiger partial charge in [0.1, 0.15) is 0 Å². The molecule has 106 valence electrons. The first kappa shape index (κ1) is 16.7. The molecule has 0 bridgehead atoms. The van der Waals surface area contributed by atoms with E-state index >= 15 is 0 Å². The molecule has 18 heavy (non-hydrogen) atoms. The van der Waals surface area contributed by atoms with Crippen LogP contribution >= 0.6 is 0 Å². The van der Waals surface area contributed by atoms with Gasteiger partial charge < -0.3 is 20.8 Å². The molecule has 6 nitrogen and oxygen atoms in total. The average molecular weight is 260 g/mol. The molecule has 0 aliphatic rings. The largest absolute Gasteiger partial charge is 0.480 e. The summed E-state index contributed by atoms with van der Waals surface area (Å²) in [5.74, 6) is -0.0677. The molecule has 0 aliphatic carbocycles. The third-order valence-electron chi connectivity index (χ3n) is 3.00. The topological polar surface area (TPSA) is 98.7 Å². The first-order chi connectivity index (χ1) is 8.29. The van der Waals surface area contributed by atoms with E-state index in [-0.39, 0.29) is 0 Å². The second-order valence-corrected chi connectivity index (χ2v) is 5.08. The first-order valence-corrected chi connectivity index (χ1v) is 6.17. The molecule has 0 saturated carbocycles. The lowest BCUT2D eigenvalue weighted by atomic mass is 9.85. The van der Waals surface area contributed by atoms with Crippen LogP contribution in [0.4, 0.5) is 4.79 Å². The van der Waals surface area contributed by atoms with Gasteiger partial charge in [0.05, 0.1) is 6.61 Å². The van der Waals surface area contributed by atoms with Crippen LogP contribution in [0.15, 0.2) is 0 Å². The minimum absolute atomic E-state index is 0.327. The predicted molar refractivity (Wildman–Crippen MR) is 68.2 cm³/mol. The number of carboxylic acid groups (broad SMARTS) is 1. The number of hydrogen-bond donors (Lipinski definition) is 4. The molecular weight excluding hydrogens is 236 g/mol. The van der Waals surface area contributed by atoms with Gasteiger partial charge in [-0.25, -0.2) is 9.59 Å². The monoisotopic (exact) mass is 260 g/mol. The van der Waals surface area contributed by atoms with E-state index in [1.807, 2.05) is 0 Å². The molecule has 0 aromatic carbocycles. The molecule has 1 atom stereocenters. The van der Waals surface area contributed by atoms with Crippen LogP contribution in [-0.4, -0.2) is 41.4 Å². The molecule has 0 spiro atoms. The number of hydrogen-bond acceptors (Lipinski definition) is 3. The van der Waals surface area contributed by atoms with Crippen LogP contribution in [0.3, 0.4) is 0 Å². The van der Waals surface area contributed by atoms with Gasteiger partial charge in [0.15, 0.2) is 6.04 Å². The van der Waals surface area contributed by atoms with Gasteiger partial charge in [0, 0.05) is 6.54 Å². The highest BCUT2D eigenvalue weighted by atomic mass is 16.4. The summed E-state index contributed by atoms with van der Waals surface area (Å²) in [4.78, 5) is 22.1. The SMILES string of the molecule is CC(C)C(CNC(=O)N[C@H](CO)C(=O)O)C(C)C. The van der Waals surface area contributed by atoms with Gasteiger partial charge in [-0.05, 0) is 17.8 Å². The Morgan fingerprint density at radius 2 is 1.61 bits per heavy atom. The molecule has 0 rings (SSSR count). The standard InChI is InChI=1S/C12H24N2O4/c1-7(2)9(8(3)4)5-13-12(18)14-10(6-15)11(16)17/h7-10,15H,5-6H2,1-4H3,(H,16,17)(H2,13,14,18)/t10-/m1/s1. The Bertz CT molecular complexity index is 271. The Kier molecular flexibility index (Phi) is 7.35. The lowest BCUT2D eigenvalue weighted by Crippen LogP contribution is -2.49. The van der Waals surface area contributed by atoms with Crippen molar-refractivity contribution >= 4 is 12.0 Å². The molecule has 2 amide bonds. The van der Waals surface area contributed by atoms with Gasteiger partial charge >= 0.3 is 12.0 Å². The smallest absolute Gasteiger partial charge is 0.328 e. The van der Waals surface area contributed by atoms with Crippen molar-refractivity contribution in [2.24, 2.45) is 17.8 Å². The molecule has 0 saturated heterocycles. The molecular formula is C12H24N2O4. The zero-order valence-electron chi connectivity index (χ0n) is 11.4. The van der Waals surface area contributed by atoms with Crippen LogP contribution < -0.4 is 10.6 Å². The van der Waals surface area contributed by atoms with Crippen molar-refractivity contribution in [3.63, 3.8) is 0 Å². The van der Waals surface area contributed by atoms with Gasteiger partial charge in [-0.2, -0.15) is 0 Å². The number of amides is 2. The number of aliphatic carboxylic acids is 1. The van der Waals surface area contributed by atoms with Gasteiger partial charge in [0.2, 0.25) is 0 Å². The molecule has 0 radical (unpaired) electrons. The summed E-state index contributed by atoms with van der Waals surface area (Å²) in [6, 6.07) is -1.83. The normalized spacial score (nSPS) is 12.9. The Balaban J connectivity index is 4.20. The van der Waals surface area contributed by atoms with Crippen molar-refractivity contribution in [3.8, 4) is 0 Å². The third kappa shape index (κ3) is 5.86. The molecule has 0 aromatic rings. The van der Waals surface area contributed by atoms with Crippen LogP contribution in [0.25, 0.3) is 0 Å². The Morgan fingerprint density at radius 3 is 1.94 bits per heavy atom. The fourth-order valence-corrected chi connectivity index (χ4v) is 1.85. The van der Waals surface area contributed by atoms with Gasteiger partial charge in [0.25, 0.3) is 0 Å². The van der Waals surface area contributed by atoms with Crippen molar-refractivity contribution in [2.75, 3.05) is 13.2 Å². The maximum atomic E-state index is 11.5. The van der Waals surface area contributed by atoms with Crippen LogP contribution in [0.1, 0.15) is 27.7 Å². The number of aliphatic hydroxyl groups excluding tert-OH is 1. The zero-order chi connectivity index (χ0) is 14.3. The quantitative estimate of drug-likeness (QED) is 0.540. The highest BCUT2D eigenvalue weighted by molar-refractivity contribution is 5.82. The Hall–Kier alpha value is -1.30. The fourth-order valence-electron chi connectivity index (χ4n) is 1.85. The number of urea groups is 1. The minimum Gasteiger partial charge on any atom is -0.480 e. The number of carbonyl (C=O) groups excluding carboxylic acids is 1. The number of aliphatic hydroxyl groups is 1. The summed E-state index contributed by atoms with van der Waals surface area (Å²) in [5.41, 5.74) is 0. The van der Waals surface area contributed by atoms with Gasteiger partial charge in [-0.3, -0.25) is 0 Å². The van der Waals surface area contributed by atoms with E-state index in [4.69, 9.17) is 10.2 Å². The van der Waals surface area contributed by atoms with E-state index < -0.39 is 24.6 Å². The maximum absolute atomic E-state index is 11.5. The number of rotatable bonds is 7. The zero-order valence-corrected chi connectivity index (χ0v) is 11.4. The summed E-state index contributed by atoms with van der Waals surface area (Å²) in [6.45, 7) is 8.19. The summed E-state index contributed by atoms with van der Waals surface area (Å²) in [6.07, 6.45) is 0. The Morgan fingerprint density at radius 1 is 1.11 bits per heavy atom. The molecule has 0 heterocycles. The van der Waals surface area contributed by atoms with Crippen molar-refractivity contribution in [3.05, 3.63) is 0 Å². The van der Waals surface area contributed by atoms with E-state index in [1.54, 1.807) is 0 Å². The van der Waals surface area contributed by atoms with Crippen LogP contribution in [0, 0.1) is 17.8 Å². The summed E-state index contributed by atoms with van der Waals surface area (Å²) < 4.78 is 0. The number of nitrogens with one attached hydrogen (secondary N) is 2. The van der Waals surface area contributed by atoms with Crippen LogP contribution in [0.2, 0.25) is 0 Å². The Labute approximate surface area is 108 Å². The number of carboxylic acids is 1. The van der Waals surface area contributed by atoms with E-state index in [0.717, 1.165) is 0 Å². The molecule has 6 heteroatoms.